The summed E-state index contributed by atoms with van der Waals surface area (Å²) in [7, 11) is 2.16. The van der Waals surface area contributed by atoms with Gasteiger partial charge in [-0.2, -0.15) is 0 Å². The van der Waals surface area contributed by atoms with E-state index in [0.717, 1.165) is 102 Å². The number of likely N-dealkylation sites (N-methyl/N-ethyl adjacent to an activating group) is 1. The van der Waals surface area contributed by atoms with Gasteiger partial charge in [-0.15, -0.1) is 11.8 Å². The van der Waals surface area contributed by atoms with Crippen LogP contribution in [0.2, 0.25) is 0 Å². The third kappa shape index (κ3) is 61.5. The molecule has 0 bridgehead atoms. The van der Waals surface area contributed by atoms with Crippen molar-refractivity contribution in [2.45, 2.75) is 256 Å². The Morgan fingerprint density at radius 2 is 1.06 bits per heavy atom. The molecule has 0 spiro atoms. The average molecular weight is 1680 g/mol. The van der Waals surface area contributed by atoms with Crippen molar-refractivity contribution in [1.29, 1.82) is 0 Å². The molecule has 12 N–H and O–H groups in total. The van der Waals surface area contributed by atoms with E-state index >= 15 is 0 Å². The zero-order chi connectivity index (χ0) is 69.2. The van der Waals surface area contributed by atoms with E-state index in [-0.39, 0.29) is 162 Å². The minimum Gasteiger partial charge on any atom is -0.694 e. The van der Waals surface area contributed by atoms with Gasteiger partial charge in [0.15, 0.2) is 0 Å². The topological polar surface area (TPSA) is 272 Å². The fraction of sp³-hybridized carbons (Fsp3) is 0.880. The van der Waals surface area contributed by atoms with Crippen LogP contribution in [0.3, 0.4) is 0 Å². The summed E-state index contributed by atoms with van der Waals surface area (Å²) >= 11 is 0. The van der Waals surface area contributed by atoms with Gasteiger partial charge in [0.05, 0.1) is 110 Å². The van der Waals surface area contributed by atoms with Crippen LogP contribution in [-0.4, -0.2) is 231 Å². The van der Waals surface area contributed by atoms with Crippen molar-refractivity contribution in [3.63, 3.8) is 0 Å². The van der Waals surface area contributed by atoms with Gasteiger partial charge in [-0.3, -0.25) is 0 Å². The number of rotatable bonds is 42. The van der Waals surface area contributed by atoms with Crippen molar-refractivity contribution < 1.29 is 179 Å². The number of nitrogens with two attached hydrogens (primary N) is 4. The first-order valence-electron chi connectivity index (χ1n) is 36.7. The average Bonchev–Trinajstić information content (AvgIpc) is 1.26. The van der Waals surface area contributed by atoms with Gasteiger partial charge in [-0.25, -0.2) is 0 Å². The fourth-order valence-corrected chi connectivity index (χ4v) is 12.4. The molecule has 5 unspecified atom stereocenters. The molecule has 2 heterocycles. The molecule has 4 radical (unpaired) electrons. The Hall–Kier alpha value is 1.45. The molecule has 98 heavy (non-hydrogen) atoms. The summed E-state index contributed by atoms with van der Waals surface area (Å²) in [6.07, 6.45) is 48.4. The van der Waals surface area contributed by atoms with Crippen LogP contribution < -0.4 is 28.3 Å². The smallest absolute Gasteiger partial charge is 0.0995 e. The molecule has 0 aromatic carbocycles. The third-order valence-electron chi connectivity index (χ3n) is 19.0. The predicted octanol–water partition coefficient (Wildman–Crippen LogP) is 8.43. The number of nitrogens with one attached hydrogen (secondary N) is 2. The Bertz CT molecular complexity index is 1950. The van der Waals surface area contributed by atoms with Gasteiger partial charge in [0.25, 0.3) is 0 Å². The zero-order valence-corrected chi connectivity index (χ0v) is 73.7. The molecule has 0 aromatic heterocycles. The predicted molar refractivity (Wildman–Crippen MR) is 381 cm³/mol. The van der Waals surface area contributed by atoms with E-state index in [2.05, 4.69) is 78.4 Å². The Morgan fingerprint density at radius 3 is 1.62 bits per heavy atom. The normalized spacial score (nSPS) is 21.9. The van der Waals surface area contributed by atoms with Crippen molar-refractivity contribution in [3.8, 4) is 29.6 Å². The van der Waals surface area contributed by atoms with Gasteiger partial charge in [-0.1, -0.05) is 53.4 Å². The maximum Gasteiger partial charge on any atom is 0.0995 e. The number of hydrogen-bond acceptors (Lipinski definition) is 18. The molecule has 0 aromatic rings. The standard InChI is InChI=1S/C16H28NO2.C16H29NO2.C15H31N3O2.C15H26NO3.C13H24N3O.4Y/c1-3-5-12-19-13-16(18)10-11-17-15-8-6-14(4-2)7-9-15;1-3-5-6-11-18-12-15(17)13-19-16-9-7-14(4-2)8-10-16;1-3-12-4-6-14(7-5-12)18(2)8-9-20-11-13(16)10-15(17)19;1-3-14-5-7-16(8-6-14)9-10-18-11-12-19-13-15(17)4-2;1-2-3-9-17-10-6-13(15)11-16-7-4-12(14)5-8-16;;;;/h14-18H,4-13H2,2H3;14-16H,4,6-13,17H2,1-2H3;12-14H,3-11,16H2,1-2H3,(H2,17,19);14-15,17H,3,5-13H2,1H3;12-13H,3-11,14-15H2;;;;/q-1;;;2*-1;;;;/p-1. The van der Waals surface area contributed by atoms with E-state index in [4.69, 9.17) is 86.2 Å². The molecule has 558 valence electrons. The number of ether oxygens (including phenoxy) is 7. The first-order chi connectivity index (χ1) is 45.5. The molecule has 19 nitrogen and oxygen atoms in total. The Morgan fingerprint density at radius 1 is 0.571 bits per heavy atom. The largest absolute Gasteiger partial charge is 0.694 e. The summed E-state index contributed by atoms with van der Waals surface area (Å²) in [5, 5.41) is 22.3. The van der Waals surface area contributed by atoms with Crippen molar-refractivity contribution in [3.05, 3.63) is 25.0 Å². The number of likely N-dealkylation sites (tertiary alicyclic amines) is 2. The maximum atomic E-state index is 10.6. The van der Waals surface area contributed by atoms with Crippen LogP contribution in [-0.2, 0) is 169 Å². The van der Waals surface area contributed by atoms with E-state index in [1.54, 1.807) is 0 Å². The molecule has 5 atom stereocenters. The summed E-state index contributed by atoms with van der Waals surface area (Å²) in [5.41, 5.74) is 30.4. The number of aliphatic hydroxyl groups excluding tert-OH is 2. The second-order valence-corrected chi connectivity index (χ2v) is 26.7. The number of aliphatic hydroxyl groups is 2. The van der Waals surface area contributed by atoms with Crippen molar-refractivity contribution in [2.24, 2.45) is 46.6 Å². The van der Waals surface area contributed by atoms with Crippen LogP contribution in [0, 0.1) is 72.5 Å². The van der Waals surface area contributed by atoms with Crippen LogP contribution in [0.25, 0.3) is 5.73 Å². The van der Waals surface area contributed by atoms with Crippen LogP contribution >= 0.6 is 0 Å². The number of hydrogen-bond donors (Lipinski definition) is 7. The first-order valence-corrected chi connectivity index (χ1v) is 36.7. The van der Waals surface area contributed by atoms with Gasteiger partial charge >= 0.3 is 0 Å². The molecule has 1 amide bonds. The van der Waals surface area contributed by atoms with Crippen LogP contribution in [0.1, 0.15) is 202 Å². The Labute approximate surface area is 699 Å². The summed E-state index contributed by atoms with van der Waals surface area (Å²) in [6.45, 7) is 26.0. The van der Waals surface area contributed by atoms with E-state index in [1.807, 2.05) is 12.8 Å². The Balaban J connectivity index is -0.000000558. The van der Waals surface area contributed by atoms with E-state index in [0.29, 0.717) is 110 Å². The fourth-order valence-electron chi connectivity index (χ4n) is 12.4. The van der Waals surface area contributed by atoms with Gasteiger partial charge in [0, 0.05) is 200 Å². The molecular weight excluding hydrogens is 1540 g/mol. The number of carbonyl (C=O) groups excluding carboxylic acids is 1. The number of carbonyl (C=O) groups is 1. The number of amides is 1. The van der Waals surface area contributed by atoms with Gasteiger partial charge in [0.1, 0.15) is 0 Å². The van der Waals surface area contributed by atoms with E-state index in [1.165, 1.54) is 129 Å². The van der Waals surface area contributed by atoms with Crippen LogP contribution in [0.15, 0.2) is 0 Å². The Kier molecular flexibility index (Phi) is 79.8. The maximum absolute atomic E-state index is 10.6. The summed E-state index contributed by atoms with van der Waals surface area (Å²) in [4.78, 5) is 17.8. The van der Waals surface area contributed by atoms with E-state index < -0.39 is 18.1 Å². The van der Waals surface area contributed by atoms with Crippen molar-refractivity contribution >= 4 is 5.91 Å². The molecule has 3 aliphatic carbocycles. The van der Waals surface area contributed by atoms with Crippen molar-refractivity contribution in [2.75, 3.05) is 145 Å². The molecule has 3 saturated carbocycles. The minimum absolute atomic E-state index is 0. The molecule has 2 aliphatic heterocycles. The second-order valence-electron chi connectivity index (χ2n) is 26.7. The van der Waals surface area contributed by atoms with Crippen LogP contribution in [0.5, 0.6) is 0 Å². The van der Waals surface area contributed by atoms with Gasteiger partial charge < -0.3 is 134 Å². The quantitative estimate of drug-likeness (QED) is 0.0172. The number of piperidine rings is 2. The van der Waals surface area contributed by atoms with Crippen LogP contribution in [0.4, 0.5) is 0 Å². The molecule has 2 saturated heterocycles. The molecular formula is C75H137N9O10Y4-4. The van der Waals surface area contributed by atoms with Gasteiger partial charge in [0.2, 0.25) is 0 Å². The monoisotopic (exact) mass is 1680 g/mol. The summed E-state index contributed by atoms with van der Waals surface area (Å²) in [5.74, 6) is 15.4. The SMILES string of the molecule is CC#CCCOCC(N)COC1CCC(CC)CC1.CCC1CCC(N(C)CCOCC(N)CC([NH-])=O)CC1.[C-]#CC(O)COCCOCCN1CCC(CC)CC1.[C-]#CCCOCC(O)CCNC1CCC(CC)CC1.[C-]#CCCOCCC(N)CN1CCC(N)CC1.[Y].[Y].[Y].[Y]. The van der Waals surface area contributed by atoms with E-state index in [9.17, 15) is 9.90 Å². The molecule has 5 fully saturated rings. The van der Waals surface area contributed by atoms with Gasteiger partial charge in [-0.05, 0) is 199 Å². The summed E-state index contributed by atoms with van der Waals surface area (Å²) in [6, 6.07) is 1.52. The molecule has 5 rings (SSSR count). The molecule has 23 heteroatoms. The zero-order valence-electron chi connectivity index (χ0n) is 62.4. The molecule has 5 aliphatic rings. The van der Waals surface area contributed by atoms with Crippen molar-refractivity contribution in [1.82, 2.24) is 20.0 Å². The third-order valence-corrected chi connectivity index (χ3v) is 19.0. The first kappa shape index (κ1) is 106. The minimum atomic E-state index is -0.917. The second kappa shape index (κ2) is 73.9. The number of nitrogens with zero attached hydrogens (tertiary/aromatic N) is 3. The summed E-state index contributed by atoms with van der Waals surface area (Å²) < 4.78 is 38.1.